The summed E-state index contributed by atoms with van der Waals surface area (Å²) in [5.41, 5.74) is 0.815. The summed E-state index contributed by atoms with van der Waals surface area (Å²) in [5.74, 6) is -0.398. The van der Waals surface area contributed by atoms with Gasteiger partial charge in [-0.3, -0.25) is 10.1 Å². The van der Waals surface area contributed by atoms with E-state index in [-0.39, 0.29) is 5.75 Å². The molecule has 2 rings (SSSR count). The van der Waals surface area contributed by atoms with Crippen molar-refractivity contribution in [3.63, 3.8) is 0 Å². The molecule has 0 saturated carbocycles. The normalized spacial score (nSPS) is 11.5. The van der Waals surface area contributed by atoms with Gasteiger partial charge in [0.25, 0.3) is 5.22 Å². The summed E-state index contributed by atoms with van der Waals surface area (Å²) in [6, 6.07) is 4.57. The molecule has 0 bridgehead atoms. The number of urea groups is 1. The van der Waals surface area contributed by atoms with Crippen LogP contribution in [-0.4, -0.2) is 28.2 Å². The Morgan fingerprint density at radius 3 is 2.77 bits per heavy atom. The van der Waals surface area contributed by atoms with Gasteiger partial charge in [0.05, 0.1) is 5.75 Å². The second kappa shape index (κ2) is 6.58. The number of fused-ring (bicyclic) bond motifs is 1. The van der Waals surface area contributed by atoms with Gasteiger partial charge in [-0.2, -0.15) is 0 Å². The molecule has 0 radical (unpaired) electrons. The van der Waals surface area contributed by atoms with Gasteiger partial charge in [-0.05, 0) is 39.0 Å². The summed E-state index contributed by atoms with van der Waals surface area (Å²) in [6.07, 6.45) is 0. The van der Waals surface area contributed by atoms with E-state index in [0.717, 1.165) is 11.8 Å². The van der Waals surface area contributed by atoms with E-state index in [0.29, 0.717) is 21.3 Å². The average Bonchev–Trinajstić information content (AvgIpc) is 2.75. The van der Waals surface area contributed by atoms with Crippen LogP contribution < -0.4 is 10.6 Å². The van der Waals surface area contributed by atoms with Gasteiger partial charge in [0.2, 0.25) is 5.91 Å². The molecule has 3 amide bonds. The van der Waals surface area contributed by atoms with Crippen LogP contribution >= 0.6 is 23.4 Å². The number of halogens is 1. The second-order valence-electron chi connectivity index (χ2n) is 5.63. The van der Waals surface area contributed by atoms with Crippen molar-refractivity contribution in [3.8, 4) is 0 Å². The van der Waals surface area contributed by atoms with E-state index >= 15 is 0 Å². The summed E-state index contributed by atoms with van der Waals surface area (Å²) in [5, 5.41) is 5.81. The first-order valence-electron chi connectivity index (χ1n) is 6.54. The van der Waals surface area contributed by atoms with E-state index < -0.39 is 17.5 Å². The van der Waals surface area contributed by atoms with Gasteiger partial charge in [-0.25, -0.2) is 9.78 Å². The summed E-state index contributed by atoms with van der Waals surface area (Å²) in [4.78, 5) is 27.5. The summed E-state index contributed by atoms with van der Waals surface area (Å²) in [7, 11) is 0. The van der Waals surface area contributed by atoms with E-state index in [1.54, 1.807) is 18.2 Å². The molecular weight excluding hydrogens is 326 g/mol. The molecule has 22 heavy (non-hydrogen) atoms. The minimum Gasteiger partial charge on any atom is -0.431 e. The number of carbonyl (C=O) groups is 2. The molecule has 6 nitrogen and oxygen atoms in total. The first-order valence-corrected chi connectivity index (χ1v) is 7.90. The lowest BCUT2D eigenvalue weighted by Gasteiger charge is -2.20. The SMILES string of the molecule is CC(C)(C)NC(=O)NC(=O)CSc1nc2cc(Cl)ccc2o1. The number of carbonyl (C=O) groups excluding carboxylic acids is 2. The molecule has 118 valence electrons. The Labute approximate surface area is 137 Å². The predicted molar refractivity (Wildman–Crippen MR) is 86.2 cm³/mol. The molecule has 0 aliphatic carbocycles. The van der Waals surface area contributed by atoms with Crippen LogP contribution in [0, 0.1) is 0 Å². The highest BCUT2D eigenvalue weighted by atomic mass is 35.5. The van der Waals surface area contributed by atoms with E-state index in [2.05, 4.69) is 15.6 Å². The fraction of sp³-hybridized carbons (Fsp3) is 0.357. The lowest BCUT2D eigenvalue weighted by atomic mass is 10.1. The Balaban J connectivity index is 1.88. The third kappa shape index (κ3) is 4.92. The monoisotopic (exact) mass is 341 g/mol. The Morgan fingerprint density at radius 2 is 2.09 bits per heavy atom. The molecule has 0 aliphatic rings. The Hall–Kier alpha value is -1.73. The smallest absolute Gasteiger partial charge is 0.321 e. The quantitative estimate of drug-likeness (QED) is 0.837. The summed E-state index contributed by atoms with van der Waals surface area (Å²) in [6.45, 7) is 5.49. The van der Waals surface area contributed by atoms with E-state index in [9.17, 15) is 9.59 Å². The molecule has 0 atom stereocenters. The lowest BCUT2D eigenvalue weighted by molar-refractivity contribution is -0.117. The number of imide groups is 1. The van der Waals surface area contributed by atoms with Crippen LogP contribution in [0.1, 0.15) is 20.8 Å². The van der Waals surface area contributed by atoms with Crippen LogP contribution in [0.4, 0.5) is 4.79 Å². The lowest BCUT2D eigenvalue weighted by Crippen LogP contribution is -2.48. The molecular formula is C14H16ClN3O3S. The topological polar surface area (TPSA) is 84.2 Å². The zero-order valence-electron chi connectivity index (χ0n) is 12.4. The van der Waals surface area contributed by atoms with Gasteiger partial charge in [-0.15, -0.1) is 0 Å². The number of oxazole rings is 1. The minimum atomic E-state index is -0.526. The zero-order valence-corrected chi connectivity index (χ0v) is 14.0. The van der Waals surface area contributed by atoms with E-state index in [4.69, 9.17) is 16.0 Å². The Kier molecular flexibility index (Phi) is 4.97. The maximum atomic E-state index is 11.7. The first-order chi connectivity index (χ1) is 10.2. The van der Waals surface area contributed by atoms with Gasteiger partial charge in [0, 0.05) is 10.6 Å². The maximum absolute atomic E-state index is 11.7. The van der Waals surface area contributed by atoms with Gasteiger partial charge in [-0.1, -0.05) is 23.4 Å². The molecule has 0 spiro atoms. The van der Waals surface area contributed by atoms with Crippen molar-refractivity contribution >= 4 is 46.4 Å². The maximum Gasteiger partial charge on any atom is 0.321 e. The third-order valence-corrected chi connectivity index (χ3v) is 3.46. The molecule has 0 unspecified atom stereocenters. The van der Waals surface area contributed by atoms with Gasteiger partial charge >= 0.3 is 6.03 Å². The number of nitrogens with zero attached hydrogens (tertiary/aromatic N) is 1. The van der Waals surface area contributed by atoms with Crippen LogP contribution in [-0.2, 0) is 4.79 Å². The number of aromatic nitrogens is 1. The molecule has 0 fully saturated rings. The number of hydrogen-bond acceptors (Lipinski definition) is 5. The van der Waals surface area contributed by atoms with Crippen molar-refractivity contribution in [2.24, 2.45) is 0 Å². The zero-order chi connectivity index (χ0) is 16.3. The standard InChI is InChI=1S/C14H16ClN3O3S/c1-14(2,3)18-12(20)17-11(19)7-22-13-16-9-6-8(15)4-5-10(9)21-13/h4-6H,7H2,1-3H3,(H2,17,18,19,20). The summed E-state index contributed by atoms with van der Waals surface area (Å²) < 4.78 is 5.47. The predicted octanol–water partition coefficient (Wildman–Crippen LogP) is 3.20. The average molecular weight is 342 g/mol. The first kappa shape index (κ1) is 16.6. The number of amides is 3. The van der Waals surface area contributed by atoms with Crippen molar-refractivity contribution in [1.29, 1.82) is 0 Å². The van der Waals surface area contributed by atoms with E-state index in [1.807, 2.05) is 20.8 Å². The molecule has 0 aliphatic heterocycles. The van der Waals surface area contributed by atoms with Crippen LogP contribution in [0.2, 0.25) is 5.02 Å². The number of benzene rings is 1. The highest BCUT2D eigenvalue weighted by Crippen LogP contribution is 2.25. The van der Waals surface area contributed by atoms with Crippen molar-refractivity contribution in [1.82, 2.24) is 15.6 Å². The fourth-order valence-corrected chi connectivity index (χ4v) is 2.41. The largest absolute Gasteiger partial charge is 0.431 e. The number of hydrogen-bond donors (Lipinski definition) is 2. The molecule has 1 aromatic heterocycles. The minimum absolute atomic E-state index is 0.0259. The fourth-order valence-electron chi connectivity index (χ4n) is 1.60. The molecule has 8 heteroatoms. The van der Waals surface area contributed by atoms with Crippen molar-refractivity contribution in [2.75, 3.05) is 5.75 Å². The molecule has 2 N–H and O–H groups in total. The van der Waals surface area contributed by atoms with E-state index in [1.165, 1.54) is 0 Å². The van der Waals surface area contributed by atoms with Crippen molar-refractivity contribution < 1.29 is 14.0 Å². The Morgan fingerprint density at radius 1 is 1.36 bits per heavy atom. The molecule has 2 aromatic rings. The molecule has 1 aromatic carbocycles. The highest BCUT2D eigenvalue weighted by molar-refractivity contribution is 7.99. The highest BCUT2D eigenvalue weighted by Gasteiger charge is 2.16. The van der Waals surface area contributed by atoms with Crippen LogP contribution in [0.25, 0.3) is 11.1 Å². The van der Waals surface area contributed by atoms with Crippen molar-refractivity contribution in [2.45, 2.75) is 31.5 Å². The third-order valence-electron chi connectivity index (χ3n) is 2.40. The molecule has 0 saturated heterocycles. The Bertz CT molecular complexity index is 709. The molecule has 1 heterocycles. The number of nitrogens with one attached hydrogen (secondary N) is 2. The van der Waals surface area contributed by atoms with Crippen LogP contribution in [0.5, 0.6) is 0 Å². The van der Waals surface area contributed by atoms with Gasteiger partial charge in [0.15, 0.2) is 5.58 Å². The number of thioether (sulfide) groups is 1. The summed E-state index contributed by atoms with van der Waals surface area (Å²) >= 11 is 6.98. The van der Waals surface area contributed by atoms with Gasteiger partial charge in [0.1, 0.15) is 5.52 Å². The van der Waals surface area contributed by atoms with Gasteiger partial charge < -0.3 is 9.73 Å². The second-order valence-corrected chi connectivity index (χ2v) is 7.00. The van der Waals surface area contributed by atoms with Crippen molar-refractivity contribution in [3.05, 3.63) is 23.2 Å². The van der Waals surface area contributed by atoms with Crippen LogP contribution in [0.3, 0.4) is 0 Å². The van der Waals surface area contributed by atoms with Crippen LogP contribution in [0.15, 0.2) is 27.8 Å². The number of rotatable bonds is 3.